The Bertz CT molecular complexity index is 918. The quantitative estimate of drug-likeness (QED) is 0.487. The van der Waals surface area contributed by atoms with E-state index in [-0.39, 0.29) is 41.4 Å². The van der Waals surface area contributed by atoms with Crippen molar-refractivity contribution in [1.82, 2.24) is 4.90 Å². The lowest BCUT2D eigenvalue weighted by atomic mass is 9.81. The maximum Gasteiger partial charge on any atom is 0.330 e. The number of hydrogen-bond donors (Lipinski definition) is 1. The Hall–Kier alpha value is -2.22. The summed E-state index contributed by atoms with van der Waals surface area (Å²) in [5, 5.41) is 2.72. The van der Waals surface area contributed by atoms with Crippen LogP contribution in [-0.2, 0) is 23.9 Å². The number of fused-ring (bicyclic) bond motifs is 5. The second-order valence-electron chi connectivity index (χ2n) is 9.24. The number of halogens is 1. The van der Waals surface area contributed by atoms with Gasteiger partial charge in [0.05, 0.1) is 11.8 Å². The van der Waals surface area contributed by atoms with Crippen LogP contribution in [0.2, 0.25) is 0 Å². The van der Waals surface area contributed by atoms with E-state index in [1.807, 2.05) is 13.0 Å². The van der Waals surface area contributed by atoms with Crippen LogP contribution in [0.3, 0.4) is 0 Å². The summed E-state index contributed by atoms with van der Waals surface area (Å²) in [4.78, 5) is 52.5. The van der Waals surface area contributed by atoms with Gasteiger partial charge in [-0.3, -0.25) is 19.3 Å². The fourth-order valence-electron chi connectivity index (χ4n) is 5.56. The molecular weight excluding hydrogens is 464 g/mol. The Morgan fingerprint density at radius 1 is 1.16 bits per heavy atom. The van der Waals surface area contributed by atoms with E-state index in [2.05, 4.69) is 21.2 Å². The molecule has 4 rings (SSSR count). The minimum absolute atomic E-state index is 0.243. The lowest BCUT2D eigenvalue weighted by Crippen LogP contribution is -2.50. The number of hydrogen-bond acceptors (Lipinski definition) is 5. The Kier molecular flexibility index (Phi) is 5.94. The molecule has 166 valence electrons. The topological polar surface area (TPSA) is 92.8 Å². The van der Waals surface area contributed by atoms with E-state index in [1.165, 1.54) is 0 Å². The van der Waals surface area contributed by atoms with Crippen LogP contribution in [0.1, 0.15) is 38.7 Å². The number of nitrogens with zero attached hydrogens (tertiary/aromatic N) is 1. The summed E-state index contributed by atoms with van der Waals surface area (Å²) in [5.74, 6) is -2.07. The van der Waals surface area contributed by atoms with Gasteiger partial charge in [-0.1, -0.05) is 29.8 Å². The number of carbonyl (C=O) groups is 4. The minimum Gasteiger partial charge on any atom is -0.454 e. The standard InChI is InChI=1S/C23H27BrN2O5/c1-11(2)20(26-21(28)18-13-4-5-14(9-13)19(18)22(26)29)23(30)31-10-17(27)25-16-7-6-15(24)8-12(16)3/h6-8,11,13-14,18-20H,4-5,9-10H2,1-3H3,(H,25,27)/t13-,14-,18-,19+,20-/m0/s1. The van der Waals surface area contributed by atoms with Gasteiger partial charge in [-0.05, 0) is 67.7 Å². The lowest BCUT2D eigenvalue weighted by Gasteiger charge is -2.28. The molecule has 0 spiro atoms. The summed E-state index contributed by atoms with van der Waals surface area (Å²) in [6.45, 7) is 4.93. The third-order valence-corrected chi connectivity index (χ3v) is 7.41. The highest BCUT2D eigenvalue weighted by atomic mass is 79.9. The largest absolute Gasteiger partial charge is 0.454 e. The average Bonchev–Trinajstić information content (AvgIpc) is 3.38. The van der Waals surface area contributed by atoms with E-state index < -0.39 is 24.5 Å². The molecule has 2 saturated carbocycles. The molecule has 1 aliphatic heterocycles. The number of amides is 3. The van der Waals surface area contributed by atoms with Gasteiger partial charge in [-0.25, -0.2) is 4.79 Å². The van der Waals surface area contributed by atoms with Crippen LogP contribution in [0.5, 0.6) is 0 Å². The summed E-state index contributed by atoms with van der Waals surface area (Å²) >= 11 is 3.37. The van der Waals surface area contributed by atoms with Crippen molar-refractivity contribution in [2.24, 2.45) is 29.6 Å². The van der Waals surface area contributed by atoms with E-state index >= 15 is 0 Å². The Morgan fingerprint density at radius 3 is 2.32 bits per heavy atom. The average molecular weight is 491 g/mol. The fraction of sp³-hybridized carbons (Fsp3) is 0.565. The van der Waals surface area contributed by atoms with Crippen molar-refractivity contribution < 1.29 is 23.9 Å². The molecule has 2 aliphatic carbocycles. The Morgan fingerprint density at radius 2 is 1.77 bits per heavy atom. The van der Waals surface area contributed by atoms with E-state index in [0.717, 1.165) is 34.2 Å². The molecular formula is C23H27BrN2O5. The molecule has 0 aromatic heterocycles. The molecule has 8 heteroatoms. The second-order valence-corrected chi connectivity index (χ2v) is 10.2. The van der Waals surface area contributed by atoms with Gasteiger partial charge in [0.25, 0.3) is 5.91 Å². The molecule has 1 aromatic rings. The molecule has 1 aromatic carbocycles. The van der Waals surface area contributed by atoms with Crippen LogP contribution >= 0.6 is 15.9 Å². The number of carbonyl (C=O) groups excluding carboxylic acids is 4. The molecule has 3 amide bonds. The number of likely N-dealkylation sites (tertiary alicyclic amines) is 1. The minimum atomic E-state index is -1.01. The van der Waals surface area contributed by atoms with Crippen molar-refractivity contribution in [3.05, 3.63) is 28.2 Å². The van der Waals surface area contributed by atoms with Gasteiger partial charge in [-0.2, -0.15) is 0 Å². The third-order valence-electron chi connectivity index (χ3n) is 6.92. The first-order valence-electron chi connectivity index (χ1n) is 10.8. The Labute approximate surface area is 190 Å². The molecule has 0 radical (unpaired) electrons. The zero-order valence-electron chi connectivity index (χ0n) is 17.9. The highest BCUT2D eigenvalue weighted by molar-refractivity contribution is 9.10. The number of rotatable bonds is 6. The number of anilines is 1. The molecule has 1 N–H and O–H groups in total. The summed E-state index contributed by atoms with van der Waals surface area (Å²) < 4.78 is 6.15. The molecule has 31 heavy (non-hydrogen) atoms. The zero-order valence-corrected chi connectivity index (χ0v) is 19.5. The first kappa shape index (κ1) is 22.0. The first-order chi connectivity index (χ1) is 14.7. The lowest BCUT2D eigenvalue weighted by molar-refractivity contribution is -0.162. The van der Waals surface area contributed by atoms with Gasteiger partial charge < -0.3 is 10.1 Å². The molecule has 7 nitrogen and oxygen atoms in total. The van der Waals surface area contributed by atoms with Crippen LogP contribution in [-0.4, -0.2) is 41.2 Å². The zero-order chi connectivity index (χ0) is 22.4. The number of benzene rings is 1. The molecule has 2 bridgehead atoms. The maximum absolute atomic E-state index is 13.1. The van der Waals surface area contributed by atoms with Gasteiger partial charge in [0.15, 0.2) is 6.61 Å². The molecule has 5 atom stereocenters. The van der Waals surface area contributed by atoms with Crippen LogP contribution in [0, 0.1) is 36.5 Å². The van der Waals surface area contributed by atoms with Gasteiger partial charge in [0.1, 0.15) is 6.04 Å². The number of imide groups is 1. The van der Waals surface area contributed by atoms with Crippen LogP contribution in [0.4, 0.5) is 5.69 Å². The van der Waals surface area contributed by atoms with Crippen molar-refractivity contribution in [1.29, 1.82) is 0 Å². The molecule has 3 fully saturated rings. The summed E-state index contributed by atoms with van der Waals surface area (Å²) in [7, 11) is 0. The van der Waals surface area contributed by atoms with Crippen LogP contribution in [0.25, 0.3) is 0 Å². The molecule has 0 unspecified atom stereocenters. The van der Waals surface area contributed by atoms with Gasteiger partial charge >= 0.3 is 5.97 Å². The molecule has 3 aliphatic rings. The van der Waals surface area contributed by atoms with Gasteiger partial charge in [-0.15, -0.1) is 0 Å². The molecule has 1 saturated heterocycles. The van der Waals surface area contributed by atoms with Crippen LogP contribution in [0.15, 0.2) is 22.7 Å². The number of nitrogens with one attached hydrogen (secondary N) is 1. The highest BCUT2D eigenvalue weighted by Crippen LogP contribution is 2.56. The van der Waals surface area contributed by atoms with Gasteiger partial charge in [0, 0.05) is 10.2 Å². The maximum atomic E-state index is 13.1. The summed E-state index contributed by atoms with van der Waals surface area (Å²) in [5.41, 5.74) is 1.49. The summed E-state index contributed by atoms with van der Waals surface area (Å²) in [6.07, 6.45) is 2.89. The number of ether oxygens (including phenoxy) is 1. The monoisotopic (exact) mass is 490 g/mol. The molecule has 1 heterocycles. The third kappa shape index (κ3) is 3.90. The predicted octanol–water partition coefficient (Wildman–Crippen LogP) is 3.29. The van der Waals surface area contributed by atoms with E-state index in [0.29, 0.717) is 5.69 Å². The fourth-order valence-corrected chi connectivity index (χ4v) is 6.03. The first-order valence-corrected chi connectivity index (χ1v) is 11.6. The van der Waals surface area contributed by atoms with Gasteiger partial charge in [0.2, 0.25) is 11.8 Å². The number of esters is 1. The van der Waals surface area contributed by atoms with Crippen molar-refractivity contribution in [3.63, 3.8) is 0 Å². The highest BCUT2D eigenvalue weighted by Gasteiger charge is 2.62. The van der Waals surface area contributed by atoms with Crippen molar-refractivity contribution in [2.45, 2.75) is 46.1 Å². The van der Waals surface area contributed by atoms with Crippen molar-refractivity contribution in [2.75, 3.05) is 11.9 Å². The second kappa shape index (κ2) is 8.37. The van der Waals surface area contributed by atoms with E-state index in [9.17, 15) is 19.2 Å². The van der Waals surface area contributed by atoms with E-state index in [4.69, 9.17) is 4.74 Å². The van der Waals surface area contributed by atoms with E-state index in [1.54, 1.807) is 26.0 Å². The van der Waals surface area contributed by atoms with Crippen LogP contribution < -0.4 is 5.32 Å². The summed E-state index contributed by atoms with van der Waals surface area (Å²) in [6, 6.07) is 4.42. The normalized spacial score (nSPS) is 27.6. The van der Waals surface area contributed by atoms with Crippen molar-refractivity contribution >= 4 is 45.3 Å². The predicted molar refractivity (Wildman–Crippen MR) is 117 cm³/mol. The Balaban J connectivity index is 1.42. The van der Waals surface area contributed by atoms with Crippen molar-refractivity contribution in [3.8, 4) is 0 Å². The SMILES string of the molecule is Cc1cc(Br)ccc1NC(=O)COC(=O)[C@H](C(C)C)N1C(=O)[C@@H]2[C@H]3CC[C@@H](C3)[C@@H]2C1=O. The smallest absolute Gasteiger partial charge is 0.330 e. The number of aryl methyl sites for hydroxylation is 1.